The number of carbonyl (C=O) groups excluding carboxylic acids is 8. The van der Waals surface area contributed by atoms with Crippen molar-refractivity contribution in [3.63, 3.8) is 0 Å². The number of carbonyl (C=O) groups is 8. The van der Waals surface area contributed by atoms with Gasteiger partial charge in [0.1, 0.15) is 60.5 Å². The van der Waals surface area contributed by atoms with Crippen LogP contribution in [-0.4, -0.2) is 316 Å². The topological polar surface area (TPSA) is 576 Å². The lowest BCUT2D eigenvalue weighted by molar-refractivity contribution is -0.265. The average Bonchev–Trinajstić information content (AvgIpc) is 0.864. The second-order valence-electron chi connectivity index (χ2n) is 25.0. The first-order chi connectivity index (χ1) is 48.0. The van der Waals surface area contributed by atoms with Crippen molar-refractivity contribution in [1.29, 1.82) is 0 Å². The molecule has 100 heavy (non-hydrogen) atoms. The van der Waals surface area contributed by atoms with E-state index in [4.69, 9.17) is 59.8 Å². The molecule has 0 saturated carbocycles. The van der Waals surface area contributed by atoms with Gasteiger partial charge < -0.3 is 148 Å². The highest BCUT2D eigenvalue weighted by molar-refractivity contribution is 5.78. The zero-order valence-electron chi connectivity index (χ0n) is 57.7. The second-order valence-corrected chi connectivity index (χ2v) is 25.0. The summed E-state index contributed by atoms with van der Waals surface area (Å²) in [5.74, 6) is -2.30. The molecule has 3 rings (SSSR count). The fourth-order valence-corrected chi connectivity index (χ4v) is 10.4. The summed E-state index contributed by atoms with van der Waals surface area (Å²) in [5.41, 5.74) is 16.3. The number of aliphatic hydroxyl groups excluding tert-OH is 9. The van der Waals surface area contributed by atoms with Crippen molar-refractivity contribution in [2.75, 3.05) is 125 Å². The van der Waals surface area contributed by atoms with Gasteiger partial charge in [-0.1, -0.05) is 6.42 Å². The monoisotopic (exact) mass is 1440 g/mol. The first-order valence-electron chi connectivity index (χ1n) is 34.8. The van der Waals surface area contributed by atoms with Crippen LogP contribution in [0.1, 0.15) is 129 Å². The maximum atomic E-state index is 13.7. The van der Waals surface area contributed by atoms with Crippen LogP contribution in [0.5, 0.6) is 0 Å². The lowest BCUT2D eigenvalue weighted by Gasteiger charge is -2.40. The molecule has 0 radical (unpaired) electrons. The Kier molecular flexibility index (Phi) is 46.3. The summed E-state index contributed by atoms with van der Waals surface area (Å²) in [6.07, 6.45) is -8.37. The van der Waals surface area contributed by atoms with Crippen LogP contribution >= 0.6 is 0 Å². The molecule has 0 aromatic rings. The number of amides is 8. The van der Waals surface area contributed by atoms with E-state index in [2.05, 4.69) is 42.5 Å². The molecular formula is C63H117N11O26. The molecule has 0 bridgehead atoms. The summed E-state index contributed by atoms with van der Waals surface area (Å²) in [6, 6.07) is -3.09. The van der Waals surface area contributed by atoms with E-state index in [0.29, 0.717) is 83.6 Å². The summed E-state index contributed by atoms with van der Waals surface area (Å²) >= 11 is 0. The Balaban J connectivity index is 1.48. The van der Waals surface area contributed by atoms with Gasteiger partial charge in [0.2, 0.25) is 47.3 Å². The van der Waals surface area contributed by atoms with Crippen LogP contribution in [-0.2, 0) is 81.0 Å². The van der Waals surface area contributed by atoms with E-state index in [1.165, 1.54) is 6.92 Å². The third kappa shape index (κ3) is 36.4. The minimum Gasteiger partial charge on any atom is -0.394 e. The number of ether oxygens (including phenoxy) is 9. The highest BCUT2D eigenvalue weighted by Gasteiger charge is 2.45. The number of rotatable bonds is 55. The number of unbranched alkanes of at least 4 members (excludes halogenated alkanes) is 5. The molecule has 8 amide bonds. The van der Waals surface area contributed by atoms with Gasteiger partial charge in [-0.2, -0.15) is 0 Å². The van der Waals surface area contributed by atoms with E-state index in [9.17, 15) is 84.3 Å². The van der Waals surface area contributed by atoms with Crippen molar-refractivity contribution in [1.82, 2.24) is 42.5 Å². The normalized spacial score (nSPS) is 25.8. The first kappa shape index (κ1) is 89.1. The molecule has 3 fully saturated rings. The molecule has 3 aliphatic heterocycles. The van der Waals surface area contributed by atoms with Crippen LogP contribution in [0.4, 0.5) is 0 Å². The summed E-state index contributed by atoms with van der Waals surface area (Å²) in [7, 11) is 0. The zero-order chi connectivity index (χ0) is 73.7. The van der Waals surface area contributed by atoms with Crippen LogP contribution in [0.3, 0.4) is 0 Å². The molecule has 0 aliphatic carbocycles. The Hall–Kier alpha value is -5.08. The molecule has 23 N–H and O–H groups in total. The van der Waals surface area contributed by atoms with Crippen molar-refractivity contribution in [3.8, 4) is 0 Å². The van der Waals surface area contributed by atoms with Gasteiger partial charge in [0, 0.05) is 118 Å². The van der Waals surface area contributed by atoms with Crippen LogP contribution < -0.4 is 59.7 Å². The van der Waals surface area contributed by atoms with Crippen LogP contribution in [0.2, 0.25) is 0 Å². The lowest BCUT2D eigenvalue weighted by Crippen LogP contribution is -2.62. The number of nitrogens with one attached hydrogen (secondary N) is 8. The number of hydrogen-bond acceptors (Lipinski definition) is 29. The van der Waals surface area contributed by atoms with Gasteiger partial charge in [0.25, 0.3) is 0 Å². The Morgan fingerprint density at radius 1 is 0.340 bits per heavy atom. The number of nitrogens with two attached hydrogens (primary N) is 3. The van der Waals surface area contributed by atoms with Gasteiger partial charge in [-0.05, 0) is 70.6 Å². The first-order valence-corrected chi connectivity index (χ1v) is 34.8. The quantitative estimate of drug-likeness (QED) is 0.0252. The molecule has 580 valence electrons. The maximum Gasteiger partial charge on any atom is 0.222 e. The summed E-state index contributed by atoms with van der Waals surface area (Å²) in [5, 5.41) is 111. The van der Waals surface area contributed by atoms with Gasteiger partial charge in [-0.25, -0.2) is 0 Å². The Labute approximate surface area is 583 Å². The Bertz CT molecular complexity index is 2110. The van der Waals surface area contributed by atoms with Crippen molar-refractivity contribution >= 4 is 47.3 Å². The third-order valence-electron chi connectivity index (χ3n) is 16.4. The highest BCUT2D eigenvalue weighted by Crippen LogP contribution is 2.24. The van der Waals surface area contributed by atoms with Crippen molar-refractivity contribution in [2.24, 2.45) is 17.2 Å². The summed E-state index contributed by atoms with van der Waals surface area (Å²) < 4.78 is 51.2. The third-order valence-corrected chi connectivity index (χ3v) is 16.4. The Morgan fingerprint density at radius 2 is 0.610 bits per heavy atom. The molecule has 37 heteroatoms. The maximum absolute atomic E-state index is 13.7. The molecule has 0 aromatic carbocycles. The number of hydrogen-bond donors (Lipinski definition) is 20. The van der Waals surface area contributed by atoms with E-state index < -0.39 is 123 Å². The number of aliphatic hydroxyl groups is 9. The smallest absolute Gasteiger partial charge is 0.222 e. The fourth-order valence-electron chi connectivity index (χ4n) is 10.4. The van der Waals surface area contributed by atoms with E-state index in [-0.39, 0.29) is 185 Å². The van der Waals surface area contributed by atoms with Gasteiger partial charge in [-0.15, -0.1) is 0 Å². The van der Waals surface area contributed by atoms with E-state index >= 15 is 0 Å². The predicted molar refractivity (Wildman–Crippen MR) is 353 cm³/mol. The van der Waals surface area contributed by atoms with Crippen molar-refractivity contribution < 1.29 is 127 Å². The van der Waals surface area contributed by atoms with E-state index in [1.54, 1.807) is 0 Å². The van der Waals surface area contributed by atoms with Gasteiger partial charge in [-0.3, -0.25) is 38.4 Å². The second kappa shape index (κ2) is 52.0. The molecule has 15 unspecified atom stereocenters. The average molecular weight is 1440 g/mol. The van der Waals surface area contributed by atoms with E-state index in [1.807, 2.05) is 0 Å². The largest absolute Gasteiger partial charge is 0.394 e. The standard InChI is InChI=1S/C63H117N11O26/c1-40(78)67-21-7-2-3-17-50(85)74-63(37-92-31-18-47(82)71-25-11-22-68-44(79)14-4-8-28-95-60-51(64)57(89)54(86)41(34-75)98-60,38-93-32-19-48(83)72-26-12-23-69-45(80)15-5-9-29-96-61-52(65)58(90)55(87)42(35-76)99-61)39-94-33-20-49(84)73-27-13-24-70-46(81)16-6-10-30-97-62-53(66)59(91)56(88)43(36-77)100-62/h41-43,51-62,75-77,86-91H,2-39,64-66H2,1H3,(H,67,78)(H,68,79)(H,69,80)(H,70,81)(H,71,82)(H,72,83)(H,73,84)(H,74,85). The SMILES string of the molecule is CC(=O)NCCCCCC(=O)NC(COCCC(=O)NCCCNC(=O)CCCCOC1OC(CO)C(O)C(O)C1N)(COCCC(=O)NCCCNC(=O)CCCCOC1OC(CO)C(O)C(O)C1N)COCCC(=O)NCCCNC(=O)CCCCOC1OC(CO)C(O)C(O)C1N. The zero-order valence-corrected chi connectivity index (χ0v) is 57.7. The van der Waals surface area contributed by atoms with Crippen molar-refractivity contribution in [2.45, 2.75) is 226 Å². The Morgan fingerprint density at radius 3 is 0.900 bits per heavy atom. The van der Waals surface area contributed by atoms with Crippen LogP contribution in [0, 0.1) is 0 Å². The van der Waals surface area contributed by atoms with Gasteiger partial charge in [0.05, 0.1) is 77.6 Å². The van der Waals surface area contributed by atoms with Gasteiger partial charge >= 0.3 is 0 Å². The molecular weight excluding hydrogens is 1330 g/mol. The molecule has 3 heterocycles. The van der Waals surface area contributed by atoms with Crippen LogP contribution in [0.15, 0.2) is 0 Å². The molecule has 3 saturated heterocycles. The summed E-state index contributed by atoms with van der Waals surface area (Å²) in [6.45, 7) is 1.18. The minimum absolute atomic E-state index is 0.0737. The van der Waals surface area contributed by atoms with Crippen LogP contribution in [0.25, 0.3) is 0 Å². The lowest BCUT2D eigenvalue weighted by atomic mass is 9.98. The molecule has 3 aliphatic rings. The molecule has 0 spiro atoms. The molecule has 0 aromatic heterocycles. The van der Waals surface area contributed by atoms with Gasteiger partial charge in [0.15, 0.2) is 18.9 Å². The predicted octanol–water partition coefficient (Wildman–Crippen LogP) is -7.51. The molecule has 15 atom stereocenters. The fraction of sp³-hybridized carbons (Fsp3) is 0.873. The summed E-state index contributed by atoms with van der Waals surface area (Å²) in [4.78, 5) is 101. The highest BCUT2D eigenvalue weighted by atomic mass is 16.7. The minimum atomic E-state index is -1.40. The van der Waals surface area contributed by atoms with E-state index in [0.717, 1.165) is 0 Å². The van der Waals surface area contributed by atoms with Crippen molar-refractivity contribution in [3.05, 3.63) is 0 Å². The molecule has 37 nitrogen and oxygen atoms in total.